The zero-order valence-corrected chi connectivity index (χ0v) is 8.95. The fourth-order valence-corrected chi connectivity index (χ4v) is 1.29. The molecule has 0 aliphatic carbocycles. The molecular formula is C9H3ClF6O2. The molecule has 0 saturated carbocycles. The zero-order chi connectivity index (χ0) is 14.1. The van der Waals surface area contributed by atoms with Crippen molar-refractivity contribution in [2.75, 3.05) is 0 Å². The van der Waals surface area contributed by atoms with E-state index >= 15 is 0 Å². The van der Waals surface area contributed by atoms with Crippen molar-refractivity contribution in [3.05, 3.63) is 29.3 Å². The number of alkyl halides is 6. The van der Waals surface area contributed by atoms with Crippen molar-refractivity contribution < 1.29 is 35.9 Å². The molecule has 9 heteroatoms. The smallest absolute Gasteiger partial charge is 0.404 e. The first kappa shape index (κ1) is 14.6. The van der Waals surface area contributed by atoms with Gasteiger partial charge in [0.05, 0.1) is 11.1 Å². The number of hydrogen-bond donors (Lipinski definition) is 0. The van der Waals surface area contributed by atoms with Crippen LogP contribution in [0.3, 0.4) is 0 Å². The first-order valence-electron chi connectivity index (χ1n) is 4.18. The van der Waals surface area contributed by atoms with Crippen LogP contribution in [-0.4, -0.2) is 11.6 Å². The highest BCUT2D eigenvalue weighted by Gasteiger charge is 2.41. The highest BCUT2D eigenvalue weighted by atomic mass is 35.5. The largest absolute Gasteiger partial charge is 0.573 e. The summed E-state index contributed by atoms with van der Waals surface area (Å²) in [7, 11) is 0. The normalized spacial score (nSPS) is 12.4. The third-order valence-electron chi connectivity index (χ3n) is 1.75. The molecule has 0 heterocycles. The molecule has 0 bridgehead atoms. The summed E-state index contributed by atoms with van der Waals surface area (Å²) in [4.78, 5) is 10.8. The molecule has 0 spiro atoms. The Morgan fingerprint density at radius 1 is 1.11 bits per heavy atom. The molecule has 0 saturated heterocycles. The van der Waals surface area contributed by atoms with Gasteiger partial charge in [0.2, 0.25) is 0 Å². The lowest BCUT2D eigenvalue weighted by Crippen LogP contribution is -2.21. The summed E-state index contributed by atoms with van der Waals surface area (Å²) in [5.41, 5.74) is -2.74. The Kier molecular flexibility index (Phi) is 3.80. The van der Waals surface area contributed by atoms with Gasteiger partial charge < -0.3 is 4.74 Å². The van der Waals surface area contributed by atoms with Crippen LogP contribution in [0.1, 0.15) is 15.9 Å². The minimum Gasteiger partial charge on any atom is -0.404 e. The first-order valence-corrected chi connectivity index (χ1v) is 4.56. The van der Waals surface area contributed by atoms with Crippen molar-refractivity contribution >= 4 is 16.8 Å². The number of rotatable bonds is 2. The molecule has 1 aromatic rings. The van der Waals surface area contributed by atoms with E-state index in [9.17, 15) is 31.1 Å². The highest BCUT2D eigenvalue weighted by molar-refractivity contribution is 6.68. The average Bonchev–Trinajstić information content (AvgIpc) is 2.13. The van der Waals surface area contributed by atoms with Crippen LogP contribution in [0.15, 0.2) is 18.2 Å². The van der Waals surface area contributed by atoms with Crippen LogP contribution < -0.4 is 4.74 Å². The Labute approximate surface area is 101 Å². The van der Waals surface area contributed by atoms with E-state index in [-0.39, 0.29) is 0 Å². The average molecular weight is 293 g/mol. The fourth-order valence-electron chi connectivity index (χ4n) is 1.14. The lowest BCUT2D eigenvalue weighted by atomic mass is 10.1. The zero-order valence-electron chi connectivity index (χ0n) is 8.19. The van der Waals surface area contributed by atoms with Crippen LogP contribution in [0.2, 0.25) is 0 Å². The molecule has 0 N–H and O–H groups in total. The number of carbonyl (C=O) groups excluding carboxylic acids is 1. The van der Waals surface area contributed by atoms with Gasteiger partial charge in [-0.15, -0.1) is 13.2 Å². The van der Waals surface area contributed by atoms with Gasteiger partial charge in [-0.3, -0.25) is 4.79 Å². The van der Waals surface area contributed by atoms with Crippen molar-refractivity contribution in [1.29, 1.82) is 0 Å². The van der Waals surface area contributed by atoms with Gasteiger partial charge >= 0.3 is 12.5 Å². The molecule has 1 rings (SSSR count). The molecule has 0 atom stereocenters. The number of halogens is 7. The summed E-state index contributed by atoms with van der Waals surface area (Å²) in [6.45, 7) is 0. The topological polar surface area (TPSA) is 26.3 Å². The van der Waals surface area contributed by atoms with Gasteiger partial charge in [-0.2, -0.15) is 13.2 Å². The summed E-state index contributed by atoms with van der Waals surface area (Å²) in [5.74, 6) is -1.66. The van der Waals surface area contributed by atoms with Gasteiger partial charge in [0, 0.05) is 0 Å². The minimum absolute atomic E-state index is 0.352. The lowest BCUT2D eigenvalue weighted by molar-refractivity contribution is -0.276. The van der Waals surface area contributed by atoms with E-state index in [0.717, 1.165) is 6.07 Å². The number of ether oxygens (including phenoxy) is 1. The molecule has 2 nitrogen and oxygen atoms in total. The van der Waals surface area contributed by atoms with Crippen molar-refractivity contribution in [2.45, 2.75) is 12.5 Å². The van der Waals surface area contributed by atoms with Crippen LogP contribution >= 0.6 is 11.6 Å². The standard InChI is InChI=1S/C9H3ClF6O2/c10-7(17)4-2-1-3-5(8(11,12)13)6(4)18-9(14,15)16/h1-3H. The minimum atomic E-state index is -5.37. The fraction of sp³-hybridized carbons (Fsp3) is 0.222. The second kappa shape index (κ2) is 4.68. The molecule has 0 aliphatic rings. The maximum Gasteiger partial charge on any atom is 0.573 e. The monoisotopic (exact) mass is 292 g/mol. The van der Waals surface area contributed by atoms with Crippen LogP contribution in [0.5, 0.6) is 5.75 Å². The number of benzene rings is 1. The van der Waals surface area contributed by atoms with Crippen LogP contribution in [0.4, 0.5) is 26.3 Å². The predicted molar refractivity (Wildman–Crippen MR) is 48.3 cm³/mol. The molecule has 0 fully saturated rings. The van der Waals surface area contributed by atoms with E-state index in [4.69, 9.17) is 11.6 Å². The Morgan fingerprint density at radius 3 is 2.06 bits per heavy atom. The molecule has 18 heavy (non-hydrogen) atoms. The molecule has 100 valence electrons. The molecular weight excluding hydrogens is 290 g/mol. The summed E-state index contributed by atoms with van der Waals surface area (Å²) in [5, 5.41) is -1.49. The van der Waals surface area contributed by atoms with Crippen LogP contribution in [0.25, 0.3) is 0 Å². The van der Waals surface area contributed by atoms with Crippen molar-refractivity contribution in [1.82, 2.24) is 0 Å². The van der Waals surface area contributed by atoms with Crippen LogP contribution in [0, 0.1) is 0 Å². The lowest BCUT2D eigenvalue weighted by Gasteiger charge is -2.17. The number of para-hydroxylation sites is 1. The van der Waals surface area contributed by atoms with Gasteiger partial charge in [-0.25, -0.2) is 0 Å². The van der Waals surface area contributed by atoms with Crippen LogP contribution in [-0.2, 0) is 6.18 Å². The van der Waals surface area contributed by atoms with Crippen molar-refractivity contribution in [3.63, 3.8) is 0 Å². The van der Waals surface area contributed by atoms with Gasteiger partial charge in [-0.05, 0) is 23.7 Å². The van der Waals surface area contributed by atoms with E-state index in [1.807, 2.05) is 0 Å². The highest BCUT2D eigenvalue weighted by Crippen LogP contribution is 2.40. The Balaban J connectivity index is 3.45. The number of carbonyl (C=O) groups is 1. The Bertz CT molecular complexity index is 465. The molecule has 0 aliphatic heterocycles. The second-order valence-electron chi connectivity index (χ2n) is 3.00. The van der Waals surface area contributed by atoms with E-state index in [0.29, 0.717) is 12.1 Å². The molecule has 0 unspecified atom stereocenters. The quantitative estimate of drug-likeness (QED) is 0.609. The summed E-state index contributed by atoms with van der Waals surface area (Å²) in [6, 6.07) is 1.80. The van der Waals surface area contributed by atoms with Gasteiger partial charge in [0.15, 0.2) is 5.75 Å². The Hall–Kier alpha value is -1.44. The third kappa shape index (κ3) is 3.52. The summed E-state index contributed by atoms with van der Waals surface area (Å²) in [6.07, 6.45) is -10.5. The van der Waals surface area contributed by atoms with Crippen molar-refractivity contribution in [3.8, 4) is 5.75 Å². The maximum absolute atomic E-state index is 12.5. The Morgan fingerprint density at radius 2 is 1.67 bits per heavy atom. The predicted octanol–water partition coefficient (Wildman–Crippen LogP) is 3.98. The van der Waals surface area contributed by atoms with Gasteiger partial charge in [-0.1, -0.05) is 6.07 Å². The molecule has 0 radical (unpaired) electrons. The molecule has 1 aromatic carbocycles. The van der Waals surface area contributed by atoms with Crippen molar-refractivity contribution in [2.24, 2.45) is 0 Å². The first-order chi connectivity index (χ1) is 8.02. The maximum atomic E-state index is 12.5. The third-order valence-corrected chi connectivity index (χ3v) is 1.95. The van der Waals surface area contributed by atoms with E-state index in [2.05, 4.69) is 4.74 Å². The second-order valence-corrected chi connectivity index (χ2v) is 3.34. The van der Waals surface area contributed by atoms with E-state index in [1.54, 1.807) is 0 Å². The van der Waals surface area contributed by atoms with Gasteiger partial charge in [0.25, 0.3) is 5.24 Å². The molecule has 0 aromatic heterocycles. The summed E-state index contributed by atoms with van der Waals surface area (Å²) >= 11 is 4.91. The molecule has 0 amide bonds. The SMILES string of the molecule is O=C(Cl)c1cccc(C(F)(F)F)c1OC(F)(F)F. The van der Waals surface area contributed by atoms with Gasteiger partial charge in [0.1, 0.15) is 0 Å². The van der Waals surface area contributed by atoms with E-state index in [1.165, 1.54) is 0 Å². The number of hydrogen-bond acceptors (Lipinski definition) is 2. The van der Waals surface area contributed by atoms with E-state index < -0.39 is 34.7 Å². The summed E-state index contributed by atoms with van der Waals surface area (Å²) < 4.78 is 76.6.